The summed E-state index contributed by atoms with van der Waals surface area (Å²) in [4.78, 5) is 30.7. The topological polar surface area (TPSA) is 92.7 Å². The van der Waals surface area contributed by atoms with Crippen molar-refractivity contribution in [3.63, 3.8) is 0 Å². The Morgan fingerprint density at radius 2 is 2.03 bits per heavy atom. The van der Waals surface area contributed by atoms with Crippen molar-refractivity contribution in [1.82, 2.24) is 19.8 Å². The van der Waals surface area contributed by atoms with Gasteiger partial charge < -0.3 is 24.4 Å². The zero-order valence-corrected chi connectivity index (χ0v) is 18.5. The zero-order valence-electron chi connectivity index (χ0n) is 18.5. The number of hydrogen-bond acceptors (Lipinski definition) is 8. The Bertz CT molecular complexity index is 1150. The number of nitrogens with zero attached hydrogens (tertiary/aromatic N) is 5. The molecule has 168 valence electrons. The Morgan fingerprint density at radius 1 is 1.15 bits per heavy atom. The number of rotatable bonds is 6. The monoisotopic (exact) mass is 444 g/mol. The average molecular weight is 444 g/mol. The van der Waals surface area contributed by atoms with Crippen molar-refractivity contribution >= 4 is 24.9 Å². The lowest BCUT2D eigenvalue weighted by atomic mass is 10.1. The number of pyridine rings is 1. The largest absolute Gasteiger partial charge is 0.493 e. The Labute approximate surface area is 193 Å². The number of benzene rings is 1. The first-order valence-corrected chi connectivity index (χ1v) is 11.0. The number of anilines is 2. The number of carbonyl (C=O) groups is 1. The molecule has 5 rings (SSSR count). The fourth-order valence-corrected chi connectivity index (χ4v) is 4.20. The second kappa shape index (κ2) is 9.56. The minimum Gasteiger partial charge on any atom is -0.493 e. The molecule has 1 amide bonds. The Kier molecular flexibility index (Phi) is 6.18. The van der Waals surface area contributed by atoms with Crippen molar-refractivity contribution in [3.8, 4) is 17.1 Å². The maximum absolute atomic E-state index is 13.1. The van der Waals surface area contributed by atoms with Gasteiger partial charge in [0.15, 0.2) is 5.82 Å². The molecule has 1 N–H and O–H groups in total. The molecule has 1 saturated heterocycles. The third-order valence-corrected chi connectivity index (χ3v) is 5.91. The lowest BCUT2D eigenvalue weighted by Crippen LogP contribution is -2.48. The van der Waals surface area contributed by atoms with Crippen LogP contribution in [-0.2, 0) is 11.1 Å². The predicted octanol–water partition coefficient (Wildman–Crippen LogP) is 1.76. The highest BCUT2D eigenvalue weighted by atomic mass is 16.5. The van der Waals surface area contributed by atoms with E-state index in [1.165, 1.54) is 0 Å². The minimum atomic E-state index is -0.296. The summed E-state index contributed by atoms with van der Waals surface area (Å²) in [5.74, 6) is 1.12. The molecule has 9 nitrogen and oxygen atoms in total. The van der Waals surface area contributed by atoms with Crippen molar-refractivity contribution in [2.24, 2.45) is 0 Å². The highest BCUT2D eigenvalue weighted by Gasteiger charge is 2.21. The van der Waals surface area contributed by atoms with E-state index in [0.29, 0.717) is 31.4 Å². The Morgan fingerprint density at radius 3 is 2.88 bits per heavy atom. The zero-order chi connectivity index (χ0) is 22.6. The van der Waals surface area contributed by atoms with E-state index in [-0.39, 0.29) is 5.91 Å². The normalized spacial score (nSPS) is 15.6. The van der Waals surface area contributed by atoms with E-state index in [1.807, 2.05) is 24.3 Å². The molecule has 1 aromatic carbocycles. The first kappa shape index (κ1) is 21.4. The molecule has 4 heterocycles. The van der Waals surface area contributed by atoms with Crippen LogP contribution in [-0.4, -0.2) is 73.2 Å². The van der Waals surface area contributed by atoms with E-state index in [0.717, 1.165) is 55.2 Å². The van der Waals surface area contributed by atoms with Gasteiger partial charge in [-0.15, -0.1) is 0 Å². The number of nitrogens with one attached hydrogen (secondary N) is 1. The summed E-state index contributed by atoms with van der Waals surface area (Å²) in [6.45, 7) is 4.16. The number of aromatic nitrogens is 3. The van der Waals surface area contributed by atoms with Crippen LogP contribution in [0.2, 0.25) is 0 Å². The fourth-order valence-electron chi connectivity index (χ4n) is 4.20. The quantitative estimate of drug-likeness (QED) is 0.576. The molecule has 1 fully saturated rings. The molecule has 2 aliphatic heterocycles. The van der Waals surface area contributed by atoms with Gasteiger partial charge in [-0.3, -0.25) is 9.78 Å². The van der Waals surface area contributed by atoms with Crippen LogP contribution in [0.3, 0.4) is 0 Å². The van der Waals surface area contributed by atoms with Crippen molar-refractivity contribution in [1.29, 1.82) is 0 Å². The number of ether oxygens (including phenoxy) is 1. The molecule has 2 aromatic heterocycles. The highest BCUT2D eigenvalue weighted by Crippen LogP contribution is 2.29. The molecule has 0 atom stereocenters. The molecule has 0 saturated carbocycles. The van der Waals surface area contributed by atoms with Crippen LogP contribution >= 0.6 is 0 Å². The van der Waals surface area contributed by atoms with Crippen LogP contribution in [0.1, 0.15) is 16.1 Å². The van der Waals surface area contributed by atoms with E-state index in [4.69, 9.17) is 9.39 Å². The van der Waals surface area contributed by atoms with Gasteiger partial charge in [0.2, 0.25) is 0 Å². The molecule has 0 spiro atoms. The molecule has 0 radical (unpaired) electrons. The second-order valence-electron chi connectivity index (χ2n) is 8.06. The van der Waals surface area contributed by atoms with Crippen LogP contribution in [0, 0.1) is 0 Å². The summed E-state index contributed by atoms with van der Waals surface area (Å²) < 4.78 is 10.8. The van der Waals surface area contributed by atoms with E-state index in [2.05, 4.69) is 30.0 Å². The van der Waals surface area contributed by atoms with E-state index < -0.39 is 0 Å². The van der Waals surface area contributed by atoms with Gasteiger partial charge in [0.05, 0.1) is 24.2 Å². The van der Waals surface area contributed by atoms with Crippen LogP contribution in [0.5, 0.6) is 5.75 Å². The van der Waals surface area contributed by atoms with E-state index >= 15 is 0 Å². The smallest absolute Gasteiger partial charge is 0.363 e. The number of carbonyl (C=O) groups excluding carboxylic acids is 1. The maximum Gasteiger partial charge on any atom is 0.363 e. The number of hydrogen-bond donors (Lipinski definition) is 1. The third-order valence-electron chi connectivity index (χ3n) is 5.91. The van der Waals surface area contributed by atoms with Gasteiger partial charge >= 0.3 is 7.62 Å². The first-order valence-electron chi connectivity index (χ1n) is 11.0. The molecule has 2 aliphatic rings. The SMILES string of the molecule is COBN1CCN(c2ccncc2NC(=O)c2ccnc(-c3ccc4c(c3)CCO4)n2)CC1. The van der Waals surface area contributed by atoms with Crippen molar-refractivity contribution in [3.05, 3.63) is 60.2 Å². The Hall–Kier alpha value is -3.50. The highest BCUT2D eigenvalue weighted by molar-refractivity contribution is 6.23. The second-order valence-corrected chi connectivity index (χ2v) is 8.06. The molecule has 0 bridgehead atoms. The molecule has 0 aliphatic carbocycles. The maximum atomic E-state index is 13.1. The van der Waals surface area contributed by atoms with Gasteiger partial charge in [-0.25, -0.2) is 9.97 Å². The van der Waals surface area contributed by atoms with Crippen LogP contribution < -0.4 is 15.0 Å². The number of fused-ring (bicyclic) bond motifs is 1. The van der Waals surface area contributed by atoms with Gasteiger partial charge in [-0.2, -0.15) is 0 Å². The van der Waals surface area contributed by atoms with E-state index in [9.17, 15) is 4.79 Å². The number of piperazine rings is 1. The summed E-state index contributed by atoms with van der Waals surface area (Å²) in [5, 5.41) is 2.99. The predicted molar refractivity (Wildman–Crippen MR) is 127 cm³/mol. The average Bonchev–Trinajstić information content (AvgIpc) is 3.33. The fraction of sp³-hybridized carbons (Fsp3) is 0.304. The van der Waals surface area contributed by atoms with Gasteiger partial charge in [0.1, 0.15) is 11.4 Å². The summed E-state index contributed by atoms with van der Waals surface area (Å²) in [6, 6.07) is 9.43. The third kappa shape index (κ3) is 4.67. The molecule has 3 aromatic rings. The van der Waals surface area contributed by atoms with E-state index in [1.54, 1.807) is 31.8 Å². The lowest BCUT2D eigenvalue weighted by Gasteiger charge is -2.36. The molecule has 0 unspecified atom stereocenters. The van der Waals surface area contributed by atoms with Crippen LogP contribution in [0.15, 0.2) is 48.9 Å². The van der Waals surface area contributed by atoms with Gasteiger partial charge in [0, 0.05) is 57.7 Å². The van der Waals surface area contributed by atoms with Crippen molar-refractivity contribution in [2.75, 3.05) is 50.1 Å². The van der Waals surface area contributed by atoms with Crippen LogP contribution in [0.25, 0.3) is 11.4 Å². The van der Waals surface area contributed by atoms with Gasteiger partial charge in [0.25, 0.3) is 5.91 Å². The van der Waals surface area contributed by atoms with Gasteiger partial charge in [-0.1, -0.05) is 0 Å². The summed E-state index contributed by atoms with van der Waals surface area (Å²) in [5.41, 5.74) is 3.92. The van der Waals surface area contributed by atoms with Gasteiger partial charge in [-0.05, 0) is 35.9 Å². The van der Waals surface area contributed by atoms with Crippen molar-refractivity contribution < 1.29 is 14.2 Å². The number of amides is 1. The first-order chi connectivity index (χ1) is 16.2. The standard InChI is InChI=1S/C23H25BN6O3/c1-32-24-30-11-9-29(10-12-30)20-5-7-25-15-19(20)28-23(31)18-4-8-26-22(27-18)17-2-3-21-16(14-17)6-13-33-21/h2-5,7-8,14-15,24H,6,9-13H2,1H3,(H,28,31). The lowest BCUT2D eigenvalue weighted by molar-refractivity contribution is 0.102. The molecular weight excluding hydrogens is 419 g/mol. The van der Waals surface area contributed by atoms with Crippen LogP contribution in [0.4, 0.5) is 11.4 Å². The summed E-state index contributed by atoms with van der Waals surface area (Å²) >= 11 is 0. The molecule has 33 heavy (non-hydrogen) atoms. The summed E-state index contributed by atoms with van der Waals surface area (Å²) in [6.07, 6.45) is 5.90. The molecule has 10 heteroatoms. The summed E-state index contributed by atoms with van der Waals surface area (Å²) in [7, 11) is 2.33. The van der Waals surface area contributed by atoms with Crippen molar-refractivity contribution in [2.45, 2.75) is 6.42 Å². The Balaban J connectivity index is 1.32. The minimum absolute atomic E-state index is 0.296. The molecular formula is C23H25BN6O3.